The fourth-order valence-electron chi connectivity index (χ4n) is 2.89. The third-order valence-corrected chi connectivity index (χ3v) is 4.09. The van der Waals surface area contributed by atoms with Gasteiger partial charge in [0, 0.05) is 44.2 Å². The molecular formula is C17H22N6O. The van der Waals surface area contributed by atoms with Gasteiger partial charge in [0.15, 0.2) is 5.82 Å². The third kappa shape index (κ3) is 3.21. The van der Waals surface area contributed by atoms with E-state index in [1.807, 2.05) is 36.0 Å². The Morgan fingerprint density at radius 1 is 1.29 bits per heavy atom. The fourth-order valence-corrected chi connectivity index (χ4v) is 2.89. The maximum atomic E-state index is 12.2. The van der Waals surface area contributed by atoms with E-state index in [2.05, 4.69) is 10.3 Å². The maximum absolute atomic E-state index is 12.2. The number of anilines is 1. The number of nitrogens with zero attached hydrogens (tertiary/aromatic N) is 5. The summed E-state index contributed by atoms with van der Waals surface area (Å²) in [6.45, 7) is 1.57. The van der Waals surface area contributed by atoms with Gasteiger partial charge in [-0.25, -0.2) is 9.97 Å². The van der Waals surface area contributed by atoms with Gasteiger partial charge < -0.3 is 15.1 Å². The molecule has 7 nitrogen and oxygen atoms in total. The lowest BCUT2D eigenvalue weighted by atomic mass is 10.0. The molecule has 0 saturated carbocycles. The zero-order valence-corrected chi connectivity index (χ0v) is 14.3. The molecule has 1 N–H and O–H groups in total. The Labute approximate surface area is 141 Å². The second-order valence-electron chi connectivity index (χ2n) is 6.02. The molecule has 0 bridgehead atoms. The fraction of sp³-hybridized carbons (Fsp3) is 0.412. The first-order valence-electron chi connectivity index (χ1n) is 8.00. The van der Waals surface area contributed by atoms with Gasteiger partial charge in [0.1, 0.15) is 5.82 Å². The highest BCUT2D eigenvalue weighted by Crippen LogP contribution is 2.28. The van der Waals surface area contributed by atoms with Crippen LogP contribution in [0, 0.1) is 0 Å². The van der Waals surface area contributed by atoms with Crippen LogP contribution >= 0.6 is 0 Å². The van der Waals surface area contributed by atoms with Crippen molar-refractivity contribution < 1.29 is 4.79 Å². The van der Waals surface area contributed by atoms with E-state index in [1.54, 1.807) is 19.4 Å². The number of rotatable bonds is 4. The number of hydrogen-bond acceptors (Lipinski definition) is 6. The van der Waals surface area contributed by atoms with Gasteiger partial charge in [0.25, 0.3) is 0 Å². The van der Waals surface area contributed by atoms with Crippen LogP contribution in [-0.4, -0.2) is 60.0 Å². The average Bonchev–Trinajstić information content (AvgIpc) is 2.61. The van der Waals surface area contributed by atoms with E-state index in [9.17, 15) is 4.79 Å². The standard InChI is InChI=1S/C17H22N6O/c1-18-10-15(24)23-9-6-13-14(11-23)20-16(21-17(13)22(2)3)12-4-7-19-8-5-12/h4-5,7-8,18H,6,9-11H2,1-3H3. The largest absolute Gasteiger partial charge is 0.362 e. The molecule has 3 heterocycles. The molecule has 0 spiro atoms. The number of fused-ring (bicyclic) bond motifs is 1. The topological polar surface area (TPSA) is 74.2 Å². The van der Waals surface area contributed by atoms with Crippen LogP contribution in [0.1, 0.15) is 11.3 Å². The van der Waals surface area contributed by atoms with Crippen LogP contribution < -0.4 is 10.2 Å². The average molecular weight is 326 g/mol. The number of carbonyl (C=O) groups excluding carboxylic acids is 1. The predicted octanol–water partition coefficient (Wildman–Crippen LogP) is 0.709. The van der Waals surface area contributed by atoms with Crippen molar-refractivity contribution in [2.45, 2.75) is 13.0 Å². The molecule has 1 amide bonds. The number of aromatic nitrogens is 3. The molecule has 24 heavy (non-hydrogen) atoms. The zero-order valence-electron chi connectivity index (χ0n) is 14.3. The van der Waals surface area contributed by atoms with Crippen LogP contribution in [0.15, 0.2) is 24.5 Å². The number of pyridine rings is 1. The van der Waals surface area contributed by atoms with Crippen LogP contribution in [0.5, 0.6) is 0 Å². The number of carbonyl (C=O) groups is 1. The lowest BCUT2D eigenvalue weighted by Gasteiger charge is -2.30. The predicted molar refractivity (Wildman–Crippen MR) is 92.6 cm³/mol. The summed E-state index contributed by atoms with van der Waals surface area (Å²) in [4.78, 5) is 29.6. The molecule has 126 valence electrons. The summed E-state index contributed by atoms with van der Waals surface area (Å²) in [5.41, 5.74) is 2.98. The number of nitrogens with one attached hydrogen (secondary N) is 1. The smallest absolute Gasteiger partial charge is 0.236 e. The molecule has 0 aromatic carbocycles. The van der Waals surface area contributed by atoms with Crippen molar-refractivity contribution in [1.29, 1.82) is 0 Å². The molecule has 0 atom stereocenters. The molecule has 0 aliphatic carbocycles. The third-order valence-electron chi connectivity index (χ3n) is 4.09. The molecule has 0 saturated heterocycles. The summed E-state index contributed by atoms with van der Waals surface area (Å²) < 4.78 is 0. The number of amides is 1. The van der Waals surface area contributed by atoms with E-state index >= 15 is 0 Å². The minimum Gasteiger partial charge on any atom is -0.362 e. The molecule has 0 unspecified atom stereocenters. The minimum atomic E-state index is 0.0960. The zero-order chi connectivity index (χ0) is 17.1. The van der Waals surface area contributed by atoms with Crippen molar-refractivity contribution in [2.24, 2.45) is 0 Å². The van der Waals surface area contributed by atoms with Gasteiger partial charge in [0.2, 0.25) is 5.91 Å². The van der Waals surface area contributed by atoms with Gasteiger partial charge in [-0.2, -0.15) is 0 Å². The van der Waals surface area contributed by atoms with Crippen molar-refractivity contribution in [2.75, 3.05) is 39.1 Å². The van der Waals surface area contributed by atoms with E-state index in [0.29, 0.717) is 25.5 Å². The second-order valence-corrected chi connectivity index (χ2v) is 6.02. The van der Waals surface area contributed by atoms with Crippen molar-refractivity contribution >= 4 is 11.7 Å². The van der Waals surface area contributed by atoms with Crippen LogP contribution in [0.2, 0.25) is 0 Å². The van der Waals surface area contributed by atoms with E-state index < -0.39 is 0 Å². The van der Waals surface area contributed by atoms with Crippen molar-refractivity contribution in [3.63, 3.8) is 0 Å². The summed E-state index contributed by atoms with van der Waals surface area (Å²) in [5, 5.41) is 2.92. The highest BCUT2D eigenvalue weighted by atomic mass is 16.2. The van der Waals surface area contributed by atoms with Gasteiger partial charge in [-0.1, -0.05) is 0 Å². The van der Waals surface area contributed by atoms with E-state index in [1.165, 1.54) is 0 Å². The highest BCUT2D eigenvalue weighted by molar-refractivity contribution is 5.78. The first-order valence-corrected chi connectivity index (χ1v) is 8.00. The molecule has 0 radical (unpaired) electrons. The molecule has 0 fully saturated rings. The van der Waals surface area contributed by atoms with Gasteiger partial charge >= 0.3 is 0 Å². The Hall–Kier alpha value is -2.54. The Bertz CT molecular complexity index is 731. The van der Waals surface area contributed by atoms with E-state index in [0.717, 1.165) is 29.1 Å². The van der Waals surface area contributed by atoms with Crippen molar-refractivity contribution in [3.8, 4) is 11.4 Å². The van der Waals surface area contributed by atoms with Crippen LogP contribution in [0.3, 0.4) is 0 Å². The summed E-state index contributed by atoms with van der Waals surface area (Å²) in [6.07, 6.45) is 4.24. The monoisotopic (exact) mass is 326 g/mol. The van der Waals surface area contributed by atoms with Crippen molar-refractivity contribution in [3.05, 3.63) is 35.8 Å². The van der Waals surface area contributed by atoms with Crippen molar-refractivity contribution in [1.82, 2.24) is 25.2 Å². The summed E-state index contributed by atoms with van der Waals surface area (Å²) in [5.74, 6) is 1.69. The lowest BCUT2D eigenvalue weighted by molar-refractivity contribution is -0.131. The number of hydrogen-bond donors (Lipinski definition) is 1. The van der Waals surface area contributed by atoms with E-state index in [4.69, 9.17) is 9.97 Å². The van der Waals surface area contributed by atoms with E-state index in [-0.39, 0.29) is 5.91 Å². The summed E-state index contributed by atoms with van der Waals surface area (Å²) >= 11 is 0. The molecule has 2 aromatic heterocycles. The van der Waals surface area contributed by atoms with Gasteiger partial charge in [-0.05, 0) is 25.6 Å². The summed E-state index contributed by atoms with van der Waals surface area (Å²) in [7, 11) is 5.75. The maximum Gasteiger partial charge on any atom is 0.236 e. The molecular weight excluding hydrogens is 304 g/mol. The highest BCUT2D eigenvalue weighted by Gasteiger charge is 2.25. The van der Waals surface area contributed by atoms with Crippen LogP contribution in [-0.2, 0) is 17.8 Å². The summed E-state index contributed by atoms with van der Waals surface area (Å²) in [6, 6.07) is 3.79. The molecule has 2 aromatic rings. The van der Waals surface area contributed by atoms with Crippen LogP contribution in [0.25, 0.3) is 11.4 Å². The first-order chi connectivity index (χ1) is 11.6. The Kier molecular flexibility index (Phi) is 4.71. The SMILES string of the molecule is CNCC(=O)N1CCc2c(nc(-c3ccncc3)nc2N(C)C)C1. The molecule has 1 aliphatic heterocycles. The molecule has 1 aliphatic rings. The van der Waals surface area contributed by atoms with Gasteiger partial charge in [-0.15, -0.1) is 0 Å². The van der Waals surface area contributed by atoms with Gasteiger partial charge in [-0.3, -0.25) is 9.78 Å². The van der Waals surface area contributed by atoms with Gasteiger partial charge in [0.05, 0.1) is 18.8 Å². The normalized spacial score (nSPS) is 13.5. The Morgan fingerprint density at radius 2 is 2.04 bits per heavy atom. The van der Waals surface area contributed by atoms with Crippen LogP contribution in [0.4, 0.5) is 5.82 Å². The molecule has 3 rings (SSSR count). The first kappa shape index (κ1) is 16.3. The minimum absolute atomic E-state index is 0.0960. The molecule has 7 heteroatoms. The Morgan fingerprint density at radius 3 is 2.71 bits per heavy atom. The quantitative estimate of drug-likeness (QED) is 0.892. The Balaban J connectivity index is 2.00. The number of likely N-dealkylation sites (N-methyl/N-ethyl adjacent to an activating group) is 1. The lowest BCUT2D eigenvalue weighted by Crippen LogP contribution is -2.41. The second kappa shape index (κ2) is 6.92.